The fourth-order valence-electron chi connectivity index (χ4n) is 2.74. The summed E-state index contributed by atoms with van der Waals surface area (Å²) in [6, 6.07) is 12.1. The van der Waals surface area contributed by atoms with Crippen molar-refractivity contribution in [2.75, 3.05) is 36.5 Å². The molecule has 2 aromatic carbocycles. The Morgan fingerprint density at radius 1 is 1.17 bits per heavy atom. The first kappa shape index (κ1) is 16.5. The molecule has 0 unspecified atom stereocenters. The van der Waals surface area contributed by atoms with E-state index in [0.29, 0.717) is 0 Å². The molecule has 1 saturated heterocycles. The number of ether oxygens (including phenoxy) is 1. The summed E-state index contributed by atoms with van der Waals surface area (Å²) in [6.07, 6.45) is 0.224. The monoisotopic (exact) mass is 328 g/mol. The van der Waals surface area contributed by atoms with E-state index in [-0.39, 0.29) is 18.1 Å². The minimum absolute atomic E-state index is 0.108. The Labute approximate surface area is 141 Å². The average molecular weight is 328 g/mol. The molecule has 1 N–H and O–H groups in total. The van der Waals surface area contributed by atoms with E-state index in [1.165, 1.54) is 12.1 Å². The third-order valence-electron chi connectivity index (χ3n) is 4.15. The van der Waals surface area contributed by atoms with Gasteiger partial charge in [-0.15, -0.1) is 0 Å². The Kier molecular flexibility index (Phi) is 5.11. The highest BCUT2D eigenvalue weighted by Crippen LogP contribution is 2.24. The highest BCUT2D eigenvalue weighted by molar-refractivity contribution is 5.93. The van der Waals surface area contributed by atoms with Crippen molar-refractivity contribution in [2.45, 2.75) is 13.3 Å². The largest absolute Gasteiger partial charge is 0.378 e. The van der Waals surface area contributed by atoms with Crippen LogP contribution in [0, 0.1) is 12.7 Å². The number of hydrogen-bond donors (Lipinski definition) is 1. The Morgan fingerprint density at radius 3 is 2.58 bits per heavy atom. The zero-order chi connectivity index (χ0) is 16.9. The predicted molar refractivity (Wildman–Crippen MR) is 92.9 cm³/mol. The highest BCUT2D eigenvalue weighted by Gasteiger charge is 2.13. The number of aryl methyl sites for hydroxylation is 1. The van der Waals surface area contributed by atoms with Crippen LogP contribution < -0.4 is 10.2 Å². The average Bonchev–Trinajstić information content (AvgIpc) is 2.60. The Morgan fingerprint density at radius 2 is 1.88 bits per heavy atom. The zero-order valence-electron chi connectivity index (χ0n) is 13.7. The number of benzene rings is 2. The fraction of sp³-hybridized carbons (Fsp3) is 0.316. The van der Waals surface area contributed by atoms with Crippen LogP contribution in [0.3, 0.4) is 0 Å². The normalized spacial score (nSPS) is 14.5. The molecule has 0 radical (unpaired) electrons. The second kappa shape index (κ2) is 7.45. The van der Waals surface area contributed by atoms with E-state index in [1.807, 2.05) is 19.1 Å². The second-order valence-electron chi connectivity index (χ2n) is 5.95. The molecule has 0 aliphatic carbocycles. The van der Waals surface area contributed by atoms with Crippen molar-refractivity contribution in [1.29, 1.82) is 0 Å². The maximum absolute atomic E-state index is 12.9. The van der Waals surface area contributed by atoms with Crippen LogP contribution in [0.1, 0.15) is 11.1 Å². The lowest BCUT2D eigenvalue weighted by Crippen LogP contribution is -2.36. The molecule has 0 bridgehead atoms. The van der Waals surface area contributed by atoms with Gasteiger partial charge in [0.2, 0.25) is 5.91 Å². The number of rotatable bonds is 4. The fourth-order valence-corrected chi connectivity index (χ4v) is 2.74. The molecular weight excluding hydrogens is 307 g/mol. The summed E-state index contributed by atoms with van der Waals surface area (Å²) < 4.78 is 18.3. The van der Waals surface area contributed by atoms with Crippen molar-refractivity contribution in [3.8, 4) is 0 Å². The summed E-state index contributed by atoms with van der Waals surface area (Å²) in [6.45, 7) is 5.12. The van der Waals surface area contributed by atoms with E-state index in [1.54, 1.807) is 12.1 Å². The zero-order valence-corrected chi connectivity index (χ0v) is 13.7. The number of nitrogens with one attached hydrogen (secondary N) is 1. The number of halogens is 1. The number of hydrogen-bond acceptors (Lipinski definition) is 3. The quantitative estimate of drug-likeness (QED) is 0.937. The van der Waals surface area contributed by atoms with Crippen LogP contribution in [0.4, 0.5) is 15.8 Å². The molecule has 4 nitrogen and oxygen atoms in total. The molecule has 2 aromatic rings. The van der Waals surface area contributed by atoms with Gasteiger partial charge in [0.05, 0.1) is 19.6 Å². The highest BCUT2D eigenvalue weighted by atomic mass is 19.1. The number of morpholine rings is 1. The molecule has 0 spiro atoms. The Balaban J connectivity index is 1.69. The van der Waals surface area contributed by atoms with Gasteiger partial charge in [0, 0.05) is 24.5 Å². The van der Waals surface area contributed by atoms with Crippen LogP contribution >= 0.6 is 0 Å². The smallest absolute Gasteiger partial charge is 0.228 e. The van der Waals surface area contributed by atoms with Crippen LogP contribution in [-0.4, -0.2) is 32.2 Å². The van der Waals surface area contributed by atoms with E-state index < -0.39 is 0 Å². The first-order chi connectivity index (χ1) is 11.6. The van der Waals surface area contributed by atoms with Crippen molar-refractivity contribution >= 4 is 17.3 Å². The Hall–Kier alpha value is -2.40. The molecule has 3 rings (SSSR count). The van der Waals surface area contributed by atoms with E-state index in [9.17, 15) is 9.18 Å². The first-order valence-electron chi connectivity index (χ1n) is 8.09. The molecule has 1 fully saturated rings. The van der Waals surface area contributed by atoms with Crippen molar-refractivity contribution < 1.29 is 13.9 Å². The van der Waals surface area contributed by atoms with E-state index in [2.05, 4.69) is 16.3 Å². The first-order valence-corrected chi connectivity index (χ1v) is 8.09. The molecule has 0 saturated carbocycles. The third-order valence-corrected chi connectivity index (χ3v) is 4.15. The summed E-state index contributed by atoms with van der Waals surface area (Å²) >= 11 is 0. The van der Waals surface area contributed by atoms with Gasteiger partial charge < -0.3 is 15.0 Å². The van der Waals surface area contributed by atoms with Gasteiger partial charge in [-0.25, -0.2) is 4.39 Å². The minimum Gasteiger partial charge on any atom is -0.378 e. The van der Waals surface area contributed by atoms with Crippen LogP contribution in [0.5, 0.6) is 0 Å². The lowest BCUT2D eigenvalue weighted by Gasteiger charge is -2.29. The van der Waals surface area contributed by atoms with Crippen LogP contribution in [0.15, 0.2) is 42.5 Å². The summed E-state index contributed by atoms with van der Waals surface area (Å²) in [5.41, 5.74) is 3.70. The van der Waals surface area contributed by atoms with Crippen molar-refractivity contribution in [3.63, 3.8) is 0 Å². The summed E-state index contributed by atoms with van der Waals surface area (Å²) in [5, 5.41) is 2.96. The maximum atomic E-state index is 12.9. The summed E-state index contributed by atoms with van der Waals surface area (Å²) in [7, 11) is 0. The van der Waals surface area contributed by atoms with Crippen LogP contribution in [0.25, 0.3) is 0 Å². The molecular formula is C19H21FN2O2. The lowest BCUT2D eigenvalue weighted by atomic mass is 10.1. The summed E-state index contributed by atoms with van der Waals surface area (Å²) in [4.78, 5) is 14.5. The van der Waals surface area contributed by atoms with Gasteiger partial charge in [0.25, 0.3) is 0 Å². The lowest BCUT2D eigenvalue weighted by molar-refractivity contribution is -0.115. The van der Waals surface area contributed by atoms with Crippen LogP contribution in [0.2, 0.25) is 0 Å². The standard InChI is InChI=1S/C19H21FN2O2/c1-14-2-7-17(22-8-10-24-11-9-22)13-18(14)21-19(23)12-15-3-5-16(20)6-4-15/h2-7,13H,8-12H2,1H3,(H,21,23). The van der Waals surface area contributed by atoms with Gasteiger partial charge in [0.15, 0.2) is 0 Å². The molecule has 0 atom stereocenters. The van der Waals surface area contributed by atoms with Gasteiger partial charge in [-0.05, 0) is 42.3 Å². The topological polar surface area (TPSA) is 41.6 Å². The SMILES string of the molecule is Cc1ccc(N2CCOCC2)cc1NC(=O)Cc1ccc(F)cc1. The van der Waals surface area contributed by atoms with Crippen molar-refractivity contribution in [3.05, 3.63) is 59.4 Å². The van der Waals surface area contributed by atoms with E-state index in [4.69, 9.17) is 4.74 Å². The summed E-state index contributed by atoms with van der Waals surface area (Å²) in [5.74, 6) is -0.406. The van der Waals surface area contributed by atoms with Crippen molar-refractivity contribution in [2.24, 2.45) is 0 Å². The number of carbonyl (C=O) groups is 1. The third kappa shape index (κ3) is 4.11. The molecule has 1 aliphatic heterocycles. The molecule has 24 heavy (non-hydrogen) atoms. The van der Waals surface area contributed by atoms with Gasteiger partial charge in [-0.2, -0.15) is 0 Å². The number of amides is 1. The molecule has 5 heteroatoms. The molecule has 1 aliphatic rings. The molecule has 1 heterocycles. The van der Waals surface area contributed by atoms with E-state index in [0.717, 1.165) is 48.8 Å². The number of carbonyl (C=O) groups excluding carboxylic acids is 1. The molecule has 1 amide bonds. The van der Waals surface area contributed by atoms with Gasteiger partial charge in [0.1, 0.15) is 5.82 Å². The predicted octanol–water partition coefficient (Wildman–Crippen LogP) is 3.15. The van der Waals surface area contributed by atoms with Crippen molar-refractivity contribution in [1.82, 2.24) is 0 Å². The molecule has 126 valence electrons. The van der Waals surface area contributed by atoms with Gasteiger partial charge in [-0.1, -0.05) is 18.2 Å². The molecule has 0 aromatic heterocycles. The Bertz CT molecular complexity index is 710. The van der Waals surface area contributed by atoms with Gasteiger partial charge >= 0.3 is 0 Å². The van der Waals surface area contributed by atoms with E-state index >= 15 is 0 Å². The number of anilines is 2. The maximum Gasteiger partial charge on any atom is 0.228 e. The minimum atomic E-state index is -0.298. The second-order valence-corrected chi connectivity index (χ2v) is 5.95. The van der Waals surface area contributed by atoms with Crippen LogP contribution in [-0.2, 0) is 16.0 Å². The van der Waals surface area contributed by atoms with Gasteiger partial charge in [-0.3, -0.25) is 4.79 Å². The number of nitrogens with zero attached hydrogens (tertiary/aromatic N) is 1.